The molecule has 0 unspecified atom stereocenters. The molecule has 0 bridgehead atoms. The average Bonchev–Trinajstić information content (AvgIpc) is 2.97. The maximum absolute atomic E-state index is 12.0. The summed E-state index contributed by atoms with van der Waals surface area (Å²) in [4.78, 5) is 14.2. The number of carbonyl (C=O) groups is 1. The smallest absolute Gasteiger partial charge is 0.307 e. The lowest BCUT2D eigenvalue weighted by Gasteiger charge is -2.36. The number of likely N-dealkylation sites (N-methyl/N-ethyl adjacent to an activating group) is 1. The predicted octanol–water partition coefficient (Wildman–Crippen LogP) is 6.22. The zero-order valence-electron chi connectivity index (χ0n) is 19.8. The molecule has 1 atom stereocenters. The molecular formula is C26H31ClN2O3. The molecule has 0 saturated carbocycles. The molecule has 1 aromatic heterocycles. The number of benzene rings is 2. The van der Waals surface area contributed by atoms with Crippen molar-refractivity contribution in [1.29, 1.82) is 0 Å². The molecule has 0 radical (unpaired) electrons. The van der Waals surface area contributed by atoms with Crippen LogP contribution in [0.25, 0.3) is 22.0 Å². The van der Waals surface area contributed by atoms with E-state index in [4.69, 9.17) is 16.3 Å². The Labute approximate surface area is 194 Å². The van der Waals surface area contributed by atoms with E-state index in [1.54, 1.807) is 0 Å². The van der Waals surface area contributed by atoms with Crippen molar-refractivity contribution in [2.75, 3.05) is 11.9 Å². The summed E-state index contributed by atoms with van der Waals surface area (Å²) in [5, 5.41) is 11.5. The number of aliphatic carboxylic acids is 1. The second kappa shape index (κ2) is 7.73. The minimum Gasteiger partial charge on any atom is -0.487 e. The highest BCUT2D eigenvalue weighted by atomic mass is 35.5. The van der Waals surface area contributed by atoms with E-state index in [0.717, 1.165) is 45.4 Å². The van der Waals surface area contributed by atoms with Crippen molar-refractivity contribution in [2.24, 2.45) is 0 Å². The van der Waals surface area contributed by atoms with Gasteiger partial charge in [-0.2, -0.15) is 0 Å². The van der Waals surface area contributed by atoms with Gasteiger partial charge in [-0.3, -0.25) is 4.79 Å². The molecule has 1 aliphatic rings. The van der Waals surface area contributed by atoms with Crippen LogP contribution in [-0.2, 0) is 17.8 Å². The van der Waals surface area contributed by atoms with Gasteiger partial charge < -0.3 is 19.3 Å². The van der Waals surface area contributed by atoms with Crippen molar-refractivity contribution in [3.8, 4) is 16.9 Å². The summed E-state index contributed by atoms with van der Waals surface area (Å²) in [6.45, 7) is 13.2. The molecule has 2 heterocycles. The number of hydrogen-bond acceptors (Lipinski definition) is 3. The van der Waals surface area contributed by atoms with Gasteiger partial charge in [-0.05, 0) is 82.5 Å². The van der Waals surface area contributed by atoms with Crippen LogP contribution in [0.3, 0.4) is 0 Å². The molecule has 0 aliphatic carbocycles. The first-order chi connectivity index (χ1) is 14.9. The Balaban J connectivity index is 2.14. The Morgan fingerprint density at radius 3 is 2.56 bits per heavy atom. The van der Waals surface area contributed by atoms with Gasteiger partial charge in [-0.15, -0.1) is 0 Å². The average molecular weight is 455 g/mol. The van der Waals surface area contributed by atoms with E-state index in [2.05, 4.69) is 36.4 Å². The first-order valence-electron chi connectivity index (χ1n) is 11.0. The van der Waals surface area contributed by atoms with Gasteiger partial charge in [0.1, 0.15) is 11.4 Å². The lowest BCUT2D eigenvalue weighted by molar-refractivity contribution is -0.136. The molecule has 170 valence electrons. The Morgan fingerprint density at radius 2 is 1.94 bits per heavy atom. The Bertz CT molecular complexity index is 1240. The van der Waals surface area contributed by atoms with Crippen molar-refractivity contribution in [3.63, 3.8) is 0 Å². The van der Waals surface area contributed by atoms with Crippen molar-refractivity contribution in [3.05, 3.63) is 46.1 Å². The fourth-order valence-corrected chi connectivity index (χ4v) is 5.03. The van der Waals surface area contributed by atoms with Gasteiger partial charge in [0.2, 0.25) is 0 Å². The first kappa shape index (κ1) is 22.5. The zero-order chi connectivity index (χ0) is 23.5. The van der Waals surface area contributed by atoms with Gasteiger partial charge in [0.15, 0.2) is 0 Å². The van der Waals surface area contributed by atoms with Crippen molar-refractivity contribution in [2.45, 2.75) is 66.2 Å². The molecule has 0 fully saturated rings. The minimum absolute atomic E-state index is 0.0614. The Hall–Kier alpha value is -2.66. The third-order valence-corrected chi connectivity index (χ3v) is 6.56. The van der Waals surface area contributed by atoms with Gasteiger partial charge in [-0.1, -0.05) is 11.6 Å². The number of aromatic nitrogens is 1. The second-order valence-electron chi connectivity index (χ2n) is 9.87. The standard InChI is InChI=1S/C26H31ClN2O3/c1-14-10-20-23(18-9-8-17(27)11-21(18)32-26(4,5)6)19(12-22(30)31)16(3)24-25(20)29(14)13-15(2)28(24)7/h8-11,15H,12-13H2,1-7H3,(H,30,31)/t15-/m1/s1. The lowest BCUT2D eigenvalue weighted by atomic mass is 9.88. The molecular weight excluding hydrogens is 424 g/mol. The fourth-order valence-electron chi connectivity index (χ4n) is 4.86. The normalized spacial score (nSPS) is 16.0. The van der Waals surface area contributed by atoms with Gasteiger partial charge in [0, 0.05) is 41.3 Å². The van der Waals surface area contributed by atoms with E-state index < -0.39 is 11.6 Å². The molecule has 3 aromatic rings. The highest BCUT2D eigenvalue weighted by Gasteiger charge is 2.31. The minimum atomic E-state index is -0.851. The number of ether oxygens (including phenoxy) is 1. The summed E-state index contributed by atoms with van der Waals surface area (Å²) < 4.78 is 8.67. The van der Waals surface area contributed by atoms with E-state index in [0.29, 0.717) is 16.8 Å². The monoisotopic (exact) mass is 454 g/mol. The van der Waals surface area contributed by atoms with Crippen molar-refractivity contribution in [1.82, 2.24) is 4.57 Å². The second-order valence-corrected chi connectivity index (χ2v) is 10.3. The number of rotatable bonds is 4. The highest BCUT2D eigenvalue weighted by Crippen LogP contribution is 2.48. The highest BCUT2D eigenvalue weighted by molar-refractivity contribution is 6.31. The maximum Gasteiger partial charge on any atom is 0.307 e. The van der Waals surface area contributed by atoms with E-state index >= 15 is 0 Å². The van der Waals surface area contributed by atoms with Crippen molar-refractivity contribution < 1.29 is 14.6 Å². The topological polar surface area (TPSA) is 54.7 Å². The third-order valence-electron chi connectivity index (χ3n) is 6.33. The molecule has 32 heavy (non-hydrogen) atoms. The van der Waals surface area contributed by atoms with Crippen LogP contribution in [0.2, 0.25) is 5.02 Å². The summed E-state index contributed by atoms with van der Waals surface area (Å²) >= 11 is 6.34. The number of anilines is 1. The number of halogens is 1. The van der Waals surface area contributed by atoms with Gasteiger partial charge in [0.05, 0.1) is 17.6 Å². The number of hydrogen-bond donors (Lipinski definition) is 1. The molecule has 4 rings (SSSR count). The largest absolute Gasteiger partial charge is 0.487 e. The summed E-state index contributed by atoms with van der Waals surface area (Å²) in [5.74, 6) is -0.190. The van der Waals surface area contributed by atoms with Crippen molar-refractivity contribution >= 4 is 34.2 Å². The van der Waals surface area contributed by atoms with E-state index in [-0.39, 0.29) is 6.42 Å². The number of carboxylic acids is 1. The molecule has 1 aliphatic heterocycles. The van der Waals surface area contributed by atoms with Crippen LogP contribution >= 0.6 is 11.6 Å². The number of aryl methyl sites for hydroxylation is 1. The molecule has 2 aromatic carbocycles. The van der Waals surface area contributed by atoms with E-state index in [9.17, 15) is 9.90 Å². The molecule has 1 N–H and O–H groups in total. The Kier molecular flexibility index (Phi) is 5.44. The quantitative estimate of drug-likeness (QED) is 0.508. The molecule has 0 spiro atoms. The van der Waals surface area contributed by atoms with Crippen LogP contribution in [0.1, 0.15) is 44.5 Å². The third kappa shape index (κ3) is 3.73. The predicted molar refractivity (Wildman–Crippen MR) is 131 cm³/mol. The molecule has 5 nitrogen and oxygen atoms in total. The number of nitrogens with zero attached hydrogens (tertiary/aromatic N) is 2. The van der Waals surface area contributed by atoms with Crippen LogP contribution in [0.15, 0.2) is 24.3 Å². The van der Waals surface area contributed by atoms with Gasteiger partial charge in [0.25, 0.3) is 0 Å². The van der Waals surface area contributed by atoms with E-state index in [1.165, 1.54) is 5.69 Å². The molecule has 0 amide bonds. The Morgan fingerprint density at radius 1 is 1.25 bits per heavy atom. The zero-order valence-corrected chi connectivity index (χ0v) is 20.6. The molecule has 6 heteroatoms. The summed E-state index contributed by atoms with van der Waals surface area (Å²) in [6, 6.07) is 8.12. The summed E-state index contributed by atoms with van der Waals surface area (Å²) in [6.07, 6.45) is -0.0614. The fraction of sp³-hybridized carbons (Fsp3) is 0.423. The molecule has 0 saturated heterocycles. The van der Waals surface area contributed by atoms with Crippen LogP contribution < -0.4 is 9.64 Å². The number of carboxylic acid groups (broad SMARTS) is 1. The summed E-state index contributed by atoms with van der Waals surface area (Å²) in [5.41, 5.74) is 6.61. The summed E-state index contributed by atoms with van der Waals surface area (Å²) in [7, 11) is 2.10. The van der Waals surface area contributed by atoms with Crippen LogP contribution in [0.5, 0.6) is 5.75 Å². The van der Waals surface area contributed by atoms with E-state index in [1.807, 2.05) is 45.9 Å². The van der Waals surface area contributed by atoms with Gasteiger partial charge >= 0.3 is 5.97 Å². The van der Waals surface area contributed by atoms with Gasteiger partial charge in [-0.25, -0.2) is 0 Å². The first-order valence-corrected chi connectivity index (χ1v) is 11.4. The van der Waals surface area contributed by atoms with Crippen LogP contribution in [0, 0.1) is 13.8 Å². The SMILES string of the molecule is Cc1c(CC(=O)O)c(-c2ccc(Cl)cc2OC(C)(C)C)c2cc(C)n3c2c1N(C)[C@H](C)C3. The van der Waals surface area contributed by atoms with Crippen LogP contribution in [-0.4, -0.2) is 34.3 Å². The van der Waals surface area contributed by atoms with Crippen LogP contribution in [0.4, 0.5) is 5.69 Å². The maximum atomic E-state index is 12.0. The lowest BCUT2D eigenvalue weighted by Crippen LogP contribution is -2.37.